The van der Waals surface area contributed by atoms with Crippen LogP contribution in [0.4, 0.5) is 0 Å². The molecule has 0 aliphatic rings. The van der Waals surface area contributed by atoms with Gasteiger partial charge < -0.3 is 0 Å². The molecule has 0 saturated carbocycles. The van der Waals surface area contributed by atoms with Gasteiger partial charge in [-0.1, -0.05) is 50.3 Å². The minimum atomic E-state index is -0.230. The Bertz CT molecular complexity index is 190. The largest absolute Gasteiger partial charge is 0.209 e. The van der Waals surface area contributed by atoms with Crippen molar-refractivity contribution in [1.82, 2.24) is 0 Å². The lowest BCUT2D eigenvalue weighted by Crippen LogP contribution is -2.38. The molecule has 0 bridgehead atoms. The lowest BCUT2D eigenvalue weighted by molar-refractivity contribution is 0.212. The summed E-state index contributed by atoms with van der Waals surface area (Å²) in [4.78, 5) is 0. The molecular weight excluding hydrogens is 275 g/mol. The van der Waals surface area contributed by atoms with Gasteiger partial charge in [0.25, 0.3) is 0 Å². The van der Waals surface area contributed by atoms with Crippen LogP contribution in [0.25, 0.3) is 0 Å². The van der Waals surface area contributed by atoms with Crippen molar-refractivity contribution in [3.8, 4) is 0 Å². The summed E-state index contributed by atoms with van der Waals surface area (Å²) in [5.41, 5.74) is 7.08. The predicted molar refractivity (Wildman–Crippen MR) is 65.7 cm³/mol. The third kappa shape index (κ3) is 3.92. The van der Waals surface area contributed by atoms with Gasteiger partial charge in [-0.25, -0.2) is 5.53 Å². The summed E-state index contributed by atoms with van der Waals surface area (Å²) < 4.78 is 0.229. The van der Waals surface area contributed by atoms with E-state index in [4.69, 9.17) is 5.53 Å². The molecule has 78 valence electrons. The van der Waals surface area contributed by atoms with Crippen LogP contribution >= 0.6 is 22.6 Å². The first kappa shape index (κ1) is 13.3. The van der Waals surface area contributed by atoms with Gasteiger partial charge in [-0.2, -0.15) is 5.11 Å². The minimum Gasteiger partial charge on any atom is -0.209 e. The van der Waals surface area contributed by atoms with Crippen molar-refractivity contribution in [1.29, 1.82) is 5.53 Å². The van der Waals surface area contributed by atoms with Crippen molar-refractivity contribution in [3.63, 3.8) is 0 Å². The number of hydrogen-bond acceptors (Lipinski definition) is 2. The van der Waals surface area contributed by atoms with Crippen LogP contribution in [-0.4, -0.2) is 8.96 Å². The molecule has 0 aliphatic heterocycles. The summed E-state index contributed by atoms with van der Waals surface area (Å²) in [6.45, 7) is 13.0. The highest BCUT2D eigenvalue weighted by molar-refractivity contribution is 14.1. The van der Waals surface area contributed by atoms with Crippen LogP contribution in [0.2, 0.25) is 0 Å². The molecule has 0 rings (SSSR count). The molecule has 0 spiro atoms. The molecule has 0 aliphatic carbocycles. The van der Waals surface area contributed by atoms with Crippen LogP contribution in [0.3, 0.4) is 0 Å². The highest BCUT2D eigenvalue weighted by Gasteiger charge is 2.39. The Morgan fingerprint density at radius 2 is 1.46 bits per heavy atom. The highest BCUT2D eigenvalue weighted by Crippen LogP contribution is 2.44. The molecule has 0 aromatic carbocycles. The van der Waals surface area contributed by atoms with Crippen LogP contribution in [-0.2, 0) is 0 Å². The lowest BCUT2D eigenvalue weighted by Gasteiger charge is -2.40. The fraction of sp³-hybridized carbons (Fsp3) is 1.00. The van der Waals surface area contributed by atoms with Crippen LogP contribution in [0, 0.1) is 10.9 Å². The Morgan fingerprint density at radius 3 is 1.69 bits per heavy atom. The zero-order valence-corrected chi connectivity index (χ0v) is 11.7. The number of hydrogen-bond donors (Lipinski definition) is 1. The Morgan fingerprint density at radius 1 is 1.08 bits per heavy atom. The molecule has 0 fully saturated rings. The molecule has 0 aromatic heterocycles. The molecule has 0 radical (unpaired) electrons. The number of halogens is 1. The fourth-order valence-corrected chi connectivity index (χ4v) is 1.52. The van der Waals surface area contributed by atoms with E-state index in [2.05, 4.69) is 55.4 Å². The van der Waals surface area contributed by atoms with Crippen molar-refractivity contribution >= 4 is 22.6 Å². The standard InChI is InChI=1S/C10H21IN2/c1-8(2,10(5,6)11)7-9(3,4)13-12/h12H,7H2,1-6H3. The third-order valence-corrected chi connectivity index (χ3v) is 4.25. The van der Waals surface area contributed by atoms with E-state index in [-0.39, 0.29) is 14.4 Å². The number of rotatable bonds is 4. The van der Waals surface area contributed by atoms with Crippen molar-refractivity contribution in [3.05, 3.63) is 0 Å². The summed E-state index contributed by atoms with van der Waals surface area (Å²) in [5.74, 6) is 0. The fourth-order valence-electron chi connectivity index (χ4n) is 1.33. The van der Waals surface area contributed by atoms with Gasteiger partial charge in [-0.3, -0.25) is 0 Å². The molecule has 0 atom stereocenters. The monoisotopic (exact) mass is 296 g/mol. The second-order valence-corrected chi connectivity index (χ2v) is 8.15. The maximum Gasteiger partial charge on any atom is 0.0763 e. The Kier molecular flexibility index (Phi) is 3.93. The van der Waals surface area contributed by atoms with Gasteiger partial charge in [-0.15, -0.1) is 0 Å². The van der Waals surface area contributed by atoms with E-state index in [9.17, 15) is 0 Å². The second kappa shape index (κ2) is 3.83. The first-order chi connectivity index (χ1) is 5.52. The maximum atomic E-state index is 7.11. The van der Waals surface area contributed by atoms with Gasteiger partial charge in [0.1, 0.15) is 0 Å². The van der Waals surface area contributed by atoms with Crippen LogP contribution in [0.15, 0.2) is 5.11 Å². The van der Waals surface area contributed by atoms with Gasteiger partial charge in [0.15, 0.2) is 0 Å². The van der Waals surface area contributed by atoms with Crippen molar-refractivity contribution < 1.29 is 0 Å². The molecule has 0 aromatic rings. The molecule has 0 amide bonds. The van der Waals surface area contributed by atoms with Gasteiger partial charge in [0.05, 0.1) is 5.54 Å². The molecule has 2 nitrogen and oxygen atoms in total. The summed E-state index contributed by atoms with van der Waals surface area (Å²) >= 11 is 2.47. The smallest absolute Gasteiger partial charge is 0.0763 e. The number of nitrogens with zero attached hydrogens (tertiary/aromatic N) is 1. The quantitative estimate of drug-likeness (QED) is 0.453. The Balaban J connectivity index is 4.61. The van der Waals surface area contributed by atoms with E-state index in [0.29, 0.717) is 0 Å². The van der Waals surface area contributed by atoms with Gasteiger partial charge in [0, 0.05) is 3.42 Å². The van der Waals surface area contributed by atoms with E-state index < -0.39 is 0 Å². The average molecular weight is 296 g/mol. The molecule has 3 heteroatoms. The molecule has 13 heavy (non-hydrogen) atoms. The first-order valence-electron chi connectivity index (χ1n) is 4.59. The summed E-state index contributed by atoms with van der Waals surface area (Å²) in [5, 5.41) is 3.67. The Labute approximate surface area is 95.5 Å². The van der Waals surface area contributed by atoms with E-state index in [1.807, 2.05) is 13.8 Å². The predicted octanol–water partition coefficient (Wildman–Crippen LogP) is 4.43. The van der Waals surface area contributed by atoms with E-state index in [1.54, 1.807) is 0 Å². The summed E-state index contributed by atoms with van der Waals surface area (Å²) in [7, 11) is 0. The highest BCUT2D eigenvalue weighted by atomic mass is 127. The molecular formula is C10H21IN2. The second-order valence-electron chi connectivity index (χ2n) is 5.46. The van der Waals surface area contributed by atoms with Crippen molar-refractivity contribution in [2.45, 2.75) is 56.9 Å². The van der Waals surface area contributed by atoms with Gasteiger partial charge >= 0.3 is 0 Å². The molecule has 0 heterocycles. The zero-order valence-electron chi connectivity index (χ0n) is 9.53. The SMILES string of the molecule is CC(C)(CC(C)(C)C(C)(C)I)N=N. The third-order valence-electron chi connectivity index (χ3n) is 2.79. The van der Waals surface area contributed by atoms with E-state index >= 15 is 0 Å². The van der Waals surface area contributed by atoms with Crippen LogP contribution in [0.5, 0.6) is 0 Å². The molecule has 0 saturated heterocycles. The Hall–Kier alpha value is 0.330. The van der Waals surface area contributed by atoms with Crippen molar-refractivity contribution in [2.24, 2.45) is 10.5 Å². The summed E-state index contributed by atoms with van der Waals surface area (Å²) in [6, 6.07) is 0. The molecule has 0 unspecified atom stereocenters. The van der Waals surface area contributed by atoms with Crippen LogP contribution < -0.4 is 0 Å². The van der Waals surface area contributed by atoms with Crippen LogP contribution in [0.1, 0.15) is 48.0 Å². The first-order valence-corrected chi connectivity index (χ1v) is 5.67. The topological polar surface area (TPSA) is 36.2 Å². The van der Waals surface area contributed by atoms with Crippen molar-refractivity contribution in [2.75, 3.05) is 0 Å². The normalized spacial score (nSPS) is 14.4. The van der Waals surface area contributed by atoms with E-state index in [1.165, 1.54) is 0 Å². The van der Waals surface area contributed by atoms with E-state index in [0.717, 1.165) is 6.42 Å². The molecule has 1 N–H and O–H groups in total. The number of alkyl halides is 1. The lowest BCUT2D eigenvalue weighted by atomic mass is 9.73. The summed E-state index contributed by atoms with van der Waals surface area (Å²) in [6.07, 6.45) is 0.944. The maximum absolute atomic E-state index is 7.11. The minimum absolute atomic E-state index is 0.196. The zero-order chi connectivity index (χ0) is 10.9. The van der Waals surface area contributed by atoms with Gasteiger partial charge in [-0.05, 0) is 25.7 Å². The van der Waals surface area contributed by atoms with Gasteiger partial charge in [0.2, 0.25) is 0 Å². The number of nitrogens with one attached hydrogen (secondary N) is 1. The average Bonchev–Trinajstić information content (AvgIpc) is 1.83.